The minimum atomic E-state index is -0.378. The lowest BCUT2D eigenvalue weighted by atomic mass is 10.1. The van der Waals surface area contributed by atoms with Gasteiger partial charge in [0.15, 0.2) is 11.0 Å². The largest absolute Gasteiger partial charge is 0.440 e. The van der Waals surface area contributed by atoms with Gasteiger partial charge in [-0.05, 0) is 60.8 Å². The smallest absolute Gasteiger partial charge is 0.291 e. The van der Waals surface area contributed by atoms with Gasteiger partial charge in [-0.25, -0.2) is 0 Å². The number of halogens is 1. The number of aryl methyl sites for hydroxylation is 2. The SMILES string of the molecule is Cc1cc(N)c(NC(=O)c2ccc(Cl)o2)cc1C. The Hall–Kier alpha value is -1.94. The van der Waals surface area contributed by atoms with Crippen LogP contribution < -0.4 is 11.1 Å². The van der Waals surface area contributed by atoms with Crippen molar-refractivity contribution in [2.75, 3.05) is 11.1 Å². The Kier molecular flexibility index (Phi) is 3.30. The normalized spacial score (nSPS) is 10.4. The van der Waals surface area contributed by atoms with E-state index in [9.17, 15) is 4.79 Å². The van der Waals surface area contributed by atoms with Gasteiger partial charge in [0.05, 0.1) is 11.4 Å². The Labute approximate surface area is 110 Å². The molecule has 1 amide bonds. The summed E-state index contributed by atoms with van der Waals surface area (Å²) in [4.78, 5) is 11.9. The van der Waals surface area contributed by atoms with Gasteiger partial charge in [0.25, 0.3) is 5.91 Å². The first kappa shape index (κ1) is 12.5. The van der Waals surface area contributed by atoms with Crippen molar-refractivity contribution in [3.63, 3.8) is 0 Å². The van der Waals surface area contributed by atoms with E-state index in [0.29, 0.717) is 11.4 Å². The number of amides is 1. The number of rotatable bonds is 2. The van der Waals surface area contributed by atoms with Crippen molar-refractivity contribution in [1.29, 1.82) is 0 Å². The fourth-order valence-corrected chi connectivity index (χ4v) is 1.71. The van der Waals surface area contributed by atoms with E-state index < -0.39 is 0 Å². The van der Waals surface area contributed by atoms with Crippen LogP contribution in [0.4, 0.5) is 11.4 Å². The van der Waals surface area contributed by atoms with Gasteiger partial charge in [0, 0.05) is 0 Å². The summed E-state index contributed by atoms with van der Waals surface area (Å²) < 4.78 is 5.02. The molecule has 4 nitrogen and oxygen atoms in total. The predicted molar refractivity (Wildman–Crippen MR) is 72.0 cm³/mol. The van der Waals surface area contributed by atoms with E-state index in [1.165, 1.54) is 12.1 Å². The fourth-order valence-electron chi connectivity index (χ4n) is 1.57. The maximum Gasteiger partial charge on any atom is 0.291 e. The molecule has 0 aliphatic heterocycles. The van der Waals surface area contributed by atoms with Crippen LogP contribution in [0.1, 0.15) is 21.7 Å². The Morgan fingerprint density at radius 3 is 2.56 bits per heavy atom. The highest BCUT2D eigenvalue weighted by molar-refractivity contribution is 6.29. The molecule has 0 saturated carbocycles. The summed E-state index contributed by atoms with van der Waals surface area (Å²) in [6.45, 7) is 3.91. The number of hydrogen-bond acceptors (Lipinski definition) is 3. The van der Waals surface area contributed by atoms with Gasteiger partial charge in [0.2, 0.25) is 0 Å². The molecule has 0 aliphatic rings. The van der Waals surface area contributed by atoms with Gasteiger partial charge in [-0.15, -0.1) is 0 Å². The van der Waals surface area contributed by atoms with E-state index in [0.717, 1.165) is 11.1 Å². The lowest BCUT2D eigenvalue weighted by Gasteiger charge is -2.10. The van der Waals surface area contributed by atoms with Crippen LogP contribution in [-0.2, 0) is 0 Å². The fraction of sp³-hybridized carbons (Fsp3) is 0.154. The lowest BCUT2D eigenvalue weighted by Crippen LogP contribution is -2.12. The molecule has 2 aromatic rings. The van der Waals surface area contributed by atoms with Gasteiger partial charge < -0.3 is 15.5 Å². The van der Waals surface area contributed by atoms with Crippen molar-refractivity contribution in [3.8, 4) is 0 Å². The third-order valence-electron chi connectivity index (χ3n) is 2.71. The maximum atomic E-state index is 11.9. The first-order chi connectivity index (χ1) is 8.47. The standard InChI is InChI=1S/C13H13ClN2O2/c1-7-5-9(15)10(6-8(7)2)16-13(17)11-3-4-12(14)18-11/h3-6H,15H2,1-2H3,(H,16,17). The zero-order valence-corrected chi connectivity index (χ0v) is 10.8. The van der Waals surface area contributed by atoms with Crippen LogP contribution in [0.2, 0.25) is 5.22 Å². The van der Waals surface area contributed by atoms with Crippen LogP contribution in [0.5, 0.6) is 0 Å². The minimum Gasteiger partial charge on any atom is -0.440 e. The average molecular weight is 265 g/mol. The Morgan fingerprint density at radius 2 is 1.94 bits per heavy atom. The summed E-state index contributed by atoms with van der Waals surface area (Å²) in [5.74, 6) is -0.227. The molecule has 94 valence electrons. The summed E-state index contributed by atoms with van der Waals surface area (Å²) in [6.07, 6.45) is 0. The summed E-state index contributed by atoms with van der Waals surface area (Å²) in [6, 6.07) is 6.67. The van der Waals surface area contributed by atoms with Gasteiger partial charge in [-0.2, -0.15) is 0 Å². The Morgan fingerprint density at radius 1 is 1.28 bits per heavy atom. The zero-order valence-electron chi connectivity index (χ0n) is 10.1. The van der Waals surface area contributed by atoms with Crippen molar-refractivity contribution in [3.05, 3.63) is 46.4 Å². The summed E-state index contributed by atoms with van der Waals surface area (Å²) in [7, 11) is 0. The summed E-state index contributed by atoms with van der Waals surface area (Å²) in [5.41, 5.74) is 9.06. The molecular weight excluding hydrogens is 252 g/mol. The molecule has 0 unspecified atom stereocenters. The molecule has 3 N–H and O–H groups in total. The number of carbonyl (C=O) groups excluding carboxylic acids is 1. The molecule has 0 saturated heterocycles. The first-order valence-electron chi connectivity index (χ1n) is 5.41. The number of furan rings is 1. The minimum absolute atomic E-state index is 0.151. The molecule has 18 heavy (non-hydrogen) atoms. The molecule has 0 spiro atoms. The Balaban J connectivity index is 2.24. The molecule has 1 aromatic heterocycles. The molecule has 5 heteroatoms. The third-order valence-corrected chi connectivity index (χ3v) is 2.91. The van der Waals surface area contributed by atoms with Crippen molar-refractivity contribution < 1.29 is 9.21 Å². The van der Waals surface area contributed by atoms with Crippen molar-refractivity contribution in [2.24, 2.45) is 0 Å². The average Bonchev–Trinajstić information content (AvgIpc) is 2.73. The van der Waals surface area contributed by atoms with Crippen LogP contribution in [0, 0.1) is 13.8 Å². The number of carbonyl (C=O) groups is 1. The van der Waals surface area contributed by atoms with E-state index in [4.69, 9.17) is 21.8 Å². The Bertz CT molecular complexity index is 605. The summed E-state index contributed by atoms with van der Waals surface area (Å²) >= 11 is 5.61. The van der Waals surface area contributed by atoms with Gasteiger partial charge in [0.1, 0.15) is 0 Å². The van der Waals surface area contributed by atoms with E-state index in [-0.39, 0.29) is 16.9 Å². The van der Waals surface area contributed by atoms with Crippen LogP contribution in [-0.4, -0.2) is 5.91 Å². The molecule has 0 bridgehead atoms. The number of nitrogen functional groups attached to an aromatic ring is 1. The highest BCUT2D eigenvalue weighted by Gasteiger charge is 2.12. The first-order valence-corrected chi connectivity index (χ1v) is 5.78. The van der Waals surface area contributed by atoms with E-state index >= 15 is 0 Å². The van der Waals surface area contributed by atoms with E-state index in [2.05, 4.69) is 5.32 Å². The molecular formula is C13H13ClN2O2. The number of nitrogens with two attached hydrogens (primary N) is 1. The second-order valence-corrected chi connectivity index (χ2v) is 4.45. The van der Waals surface area contributed by atoms with Gasteiger partial charge in [-0.1, -0.05) is 0 Å². The lowest BCUT2D eigenvalue weighted by molar-refractivity contribution is 0.0997. The second kappa shape index (κ2) is 4.74. The van der Waals surface area contributed by atoms with E-state index in [1.807, 2.05) is 26.0 Å². The molecule has 1 heterocycles. The zero-order chi connectivity index (χ0) is 13.3. The van der Waals surface area contributed by atoms with Gasteiger partial charge in [-0.3, -0.25) is 4.79 Å². The van der Waals surface area contributed by atoms with Crippen molar-refractivity contribution in [2.45, 2.75) is 13.8 Å². The van der Waals surface area contributed by atoms with Crippen LogP contribution >= 0.6 is 11.6 Å². The van der Waals surface area contributed by atoms with Crippen molar-refractivity contribution >= 4 is 28.9 Å². The predicted octanol–water partition coefficient (Wildman–Crippen LogP) is 3.38. The molecule has 0 atom stereocenters. The number of anilines is 2. The van der Waals surface area contributed by atoms with Gasteiger partial charge >= 0.3 is 0 Å². The quantitative estimate of drug-likeness (QED) is 0.817. The summed E-state index contributed by atoms with van der Waals surface area (Å²) in [5, 5.41) is 2.87. The molecule has 0 aliphatic carbocycles. The van der Waals surface area contributed by atoms with Crippen LogP contribution in [0.3, 0.4) is 0 Å². The van der Waals surface area contributed by atoms with Crippen molar-refractivity contribution in [1.82, 2.24) is 0 Å². The van der Waals surface area contributed by atoms with Crippen LogP contribution in [0.15, 0.2) is 28.7 Å². The molecule has 0 fully saturated rings. The number of hydrogen-bond donors (Lipinski definition) is 2. The third kappa shape index (κ3) is 2.49. The molecule has 2 rings (SSSR count). The molecule has 0 radical (unpaired) electrons. The number of nitrogens with one attached hydrogen (secondary N) is 1. The van der Waals surface area contributed by atoms with E-state index in [1.54, 1.807) is 0 Å². The highest BCUT2D eigenvalue weighted by atomic mass is 35.5. The maximum absolute atomic E-state index is 11.9. The topological polar surface area (TPSA) is 68.3 Å². The number of benzene rings is 1. The van der Waals surface area contributed by atoms with Crippen LogP contribution in [0.25, 0.3) is 0 Å². The second-order valence-electron chi connectivity index (χ2n) is 4.08. The molecule has 1 aromatic carbocycles. The monoisotopic (exact) mass is 264 g/mol. The highest BCUT2D eigenvalue weighted by Crippen LogP contribution is 2.24.